The molecular weight excluding hydrogens is 387 g/mol. The van der Waals surface area contributed by atoms with Crippen molar-refractivity contribution in [2.24, 2.45) is 0 Å². The summed E-state index contributed by atoms with van der Waals surface area (Å²) < 4.78 is 7.06. The lowest BCUT2D eigenvalue weighted by atomic mass is 10.2. The fourth-order valence-electron chi connectivity index (χ4n) is 0.943. The molecule has 0 bridgehead atoms. The minimum atomic E-state index is -0.271. The Bertz CT molecular complexity index is 357. The lowest BCUT2D eigenvalue weighted by molar-refractivity contribution is 0.0505. The molecule has 0 aliphatic heterocycles. The number of hydrogen-bond donors (Lipinski definition) is 0. The summed E-state index contributed by atoms with van der Waals surface area (Å²) in [6.07, 6.45) is 0.828. The molecule has 0 spiro atoms. The molecule has 0 atom stereocenters. The fraction of sp³-hybridized carbons (Fsp3) is 0.300. The van der Waals surface area contributed by atoms with Crippen molar-refractivity contribution in [3.05, 3.63) is 31.8 Å². The Morgan fingerprint density at radius 2 is 2.27 bits per heavy atom. The average Bonchev–Trinajstić information content (AvgIpc) is 2.22. The summed E-state index contributed by atoms with van der Waals surface area (Å²) in [6.45, 7) is 0.450. The van der Waals surface area contributed by atoms with E-state index in [2.05, 4.69) is 48.8 Å². The lowest BCUT2D eigenvalue weighted by Gasteiger charge is -2.04. The number of carbonyl (C=O) groups is 1. The first-order chi connectivity index (χ1) is 7.15. The largest absolute Gasteiger partial charge is 0.462 e. The van der Waals surface area contributed by atoms with Crippen LogP contribution >= 0.6 is 38.5 Å². The molecule has 1 aromatic carbocycles. The van der Waals surface area contributed by atoms with Gasteiger partial charge in [0.05, 0.1) is 12.2 Å². The molecule has 1 rings (SSSR count). The summed E-state index contributed by atoms with van der Waals surface area (Å²) in [5.41, 5.74) is 0.580. The minimum absolute atomic E-state index is 0.271. The van der Waals surface area contributed by atoms with Crippen LogP contribution in [0.4, 0.5) is 0 Å². The van der Waals surface area contributed by atoms with E-state index in [1.165, 1.54) is 0 Å². The summed E-state index contributed by atoms with van der Waals surface area (Å²) in [5, 5.41) is 0. The third-order valence-electron chi connectivity index (χ3n) is 1.71. The molecule has 0 unspecified atom stereocenters. The van der Waals surface area contributed by atoms with Crippen LogP contribution < -0.4 is 0 Å². The van der Waals surface area contributed by atoms with Crippen LogP contribution in [0.15, 0.2) is 22.7 Å². The van der Waals surface area contributed by atoms with Gasteiger partial charge in [0, 0.05) is 18.3 Å². The Hall–Kier alpha value is 0.117. The van der Waals surface area contributed by atoms with Crippen LogP contribution in [-0.2, 0) is 4.74 Å². The molecule has 0 saturated carbocycles. The van der Waals surface area contributed by atoms with Crippen molar-refractivity contribution in [3.8, 4) is 0 Å². The number of carbonyl (C=O) groups excluding carboxylic acids is 1. The molecule has 0 fully saturated rings. The highest BCUT2D eigenvalue weighted by Gasteiger charge is 2.08. The van der Waals surface area contributed by atoms with E-state index in [-0.39, 0.29) is 5.97 Å². The smallest absolute Gasteiger partial charge is 0.338 e. The first-order valence-electron chi connectivity index (χ1n) is 4.42. The second kappa shape index (κ2) is 6.65. The van der Waals surface area contributed by atoms with Crippen LogP contribution in [-0.4, -0.2) is 22.8 Å². The summed E-state index contributed by atoms with van der Waals surface area (Å²) >= 11 is 5.57. The Balaban J connectivity index is 2.62. The zero-order chi connectivity index (χ0) is 11.3. The Morgan fingerprint density at radius 3 is 2.87 bits per heavy atom. The van der Waals surface area contributed by atoms with Gasteiger partial charge in [-0.25, -0.2) is 4.79 Å². The maximum atomic E-state index is 11.5. The van der Waals surface area contributed by atoms with Crippen LogP contribution in [0.1, 0.15) is 16.8 Å². The predicted octanol–water partition coefficient (Wildman–Crippen LogP) is 3.19. The Morgan fingerprint density at radius 1 is 1.53 bits per heavy atom. The lowest BCUT2D eigenvalue weighted by Crippen LogP contribution is -2.06. The summed E-state index contributed by atoms with van der Waals surface area (Å²) in [5.74, 6) is -0.271. The van der Waals surface area contributed by atoms with Gasteiger partial charge >= 0.3 is 5.97 Å². The maximum Gasteiger partial charge on any atom is 0.338 e. The summed E-state index contributed by atoms with van der Waals surface area (Å²) in [4.78, 5) is 11.5. The van der Waals surface area contributed by atoms with Crippen LogP contribution in [0.3, 0.4) is 0 Å². The van der Waals surface area contributed by atoms with Crippen molar-refractivity contribution in [2.75, 3.05) is 6.61 Å². The van der Waals surface area contributed by atoms with Gasteiger partial charge in [-0.05, 0) is 63.1 Å². The van der Waals surface area contributed by atoms with Gasteiger partial charge in [0.2, 0.25) is 0 Å². The van der Waals surface area contributed by atoms with Gasteiger partial charge < -0.3 is 4.74 Å². The fourth-order valence-corrected chi connectivity index (χ4v) is 1.80. The molecule has 0 N–H and O–H groups in total. The summed E-state index contributed by atoms with van der Waals surface area (Å²) in [6, 6.07) is 6.26. The highest BCUT2D eigenvalue weighted by atomic mass is 127. The molecule has 0 heterocycles. The topological polar surface area (TPSA) is 26.3 Å². The Kier molecular flexibility index (Phi) is 5.84. The van der Waals surface area contributed by atoms with Gasteiger partial charge in [0.15, 0.2) is 0 Å². The number of rotatable bonds is 4. The molecule has 0 aromatic heterocycles. The van der Waals surface area contributed by atoms with Crippen molar-refractivity contribution >= 4 is 54.7 Å². The average molecular weight is 396 g/mol. The van der Waals surface area contributed by atoms with Gasteiger partial charge in [0.1, 0.15) is 0 Å². The molecule has 0 aliphatic carbocycles. The maximum absolute atomic E-state index is 11.5. The van der Waals surface area contributed by atoms with E-state index in [4.69, 9.17) is 4.74 Å². The van der Waals surface area contributed by atoms with Gasteiger partial charge in [-0.3, -0.25) is 0 Å². The van der Waals surface area contributed by atoms with E-state index in [0.29, 0.717) is 12.2 Å². The highest BCUT2D eigenvalue weighted by Crippen LogP contribution is 2.20. The van der Waals surface area contributed by atoms with Crippen LogP contribution in [0, 0.1) is 3.57 Å². The highest BCUT2D eigenvalue weighted by molar-refractivity contribution is 14.1. The summed E-state index contributed by atoms with van der Waals surface area (Å²) in [7, 11) is 3.32. The van der Waals surface area contributed by atoms with Gasteiger partial charge in [0.25, 0.3) is 0 Å². The van der Waals surface area contributed by atoms with E-state index in [0.717, 1.165) is 20.5 Å². The van der Waals surface area contributed by atoms with Crippen LogP contribution in [0.5, 0.6) is 0 Å². The molecule has 5 heteroatoms. The normalized spacial score (nSPS) is 10.1. The molecule has 0 aliphatic rings. The van der Waals surface area contributed by atoms with Crippen LogP contribution in [0.2, 0.25) is 6.04 Å². The molecule has 2 nitrogen and oxygen atoms in total. The van der Waals surface area contributed by atoms with E-state index in [1.807, 2.05) is 6.07 Å². The van der Waals surface area contributed by atoms with Crippen molar-refractivity contribution in [3.63, 3.8) is 0 Å². The minimum Gasteiger partial charge on any atom is -0.462 e. The predicted molar refractivity (Wildman–Crippen MR) is 72.3 cm³/mol. The van der Waals surface area contributed by atoms with E-state index in [9.17, 15) is 4.79 Å². The molecule has 15 heavy (non-hydrogen) atoms. The first-order valence-corrected chi connectivity index (χ1v) is 7.00. The number of halogens is 2. The number of esters is 1. The van der Waals surface area contributed by atoms with Crippen molar-refractivity contribution in [2.45, 2.75) is 12.5 Å². The quantitative estimate of drug-likeness (QED) is 0.338. The zero-order valence-electron chi connectivity index (χ0n) is 7.93. The standard InChI is InChI=1S/C10H9BrIO2Si/c11-8-6-7(2-3-9(8)12)10(13)14-4-1-5-15/h2-3,6H,1,4-5H2. The SMILES string of the molecule is O=C(OCCC[Si])c1ccc(I)c(Br)c1. The third-order valence-corrected chi connectivity index (χ3v) is 4.40. The van der Waals surface area contributed by atoms with E-state index < -0.39 is 0 Å². The molecular formula is C10H9BrIO2Si. The number of ether oxygens (including phenoxy) is 1. The van der Waals surface area contributed by atoms with Crippen molar-refractivity contribution < 1.29 is 9.53 Å². The Labute approximate surface area is 114 Å². The number of benzene rings is 1. The zero-order valence-corrected chi connectivity index (χ0v) is 12.7. The monoisotopic (exact) mass is 395 g/mol. The molecule has 1 aromatic rings. The molecule has 79 valence electrons. The van der Waals surface area contributed by atoms with Crippen LogP contribution in [0.25, 0.3) is 0 Å². The van der Waals surface area contributed by atoms with Gasteiger partial charge in [-0.2, -0.15) is 0 Å². The first kappa shape index (κ1) is 13.2. The second-order valence-electron chi connectivity index (χ2n) is 2.87. The van der Waals surface area contributed by atoms with Gasteiger partial charge in [-0.15, -0.1) is 0 Å². The molecule has 0 saturated heterocycles. The third kappa shape index (κ3) is 4.24. The van der Waals surface area contributed by atoms with Crippen molar-refractivity contribution in [1.29, 1.82) is 0 Å². The van der Waals surface area contributed by atoms with E-state index >= 15 is 0 Å². The molecule has 3 radical (unpaired) electrons. The van der Waals surface area contributed by atoms with Crippen molar-refractivity contribution in [1.82, 2.24) is 0 Å². The number of hydrogen-bond acceptors (Lipinski definition) is 2. The van der Waals surface area contributed by atoms with Gasteiger partial charge in [-0.1, -0.05) is 6.04 Å². The van der Waals surface area contributed by atoms with E-state index in [1.54, 1.807) is 12.1 Å². The second-order valence-corrected chi connectivity index (χ2v) is 5.38. The molecule has 0 amide bonds.